The van der Waals surface area contributed by atoms with Gasteiger partial charge >= 0.3 is 5.63 Å². The van der Waals surface area contributed by atoms with Crippen LogP contribution in [-0.2, 0) is 16.8 Å². The molecule has 1 fully saturated rings. The Morgan fingerprint density at radius 1 is 1.09 bits per heavy atom. The van der Waals surface area contributed by atoms with Crippen molar-refractivity contribution in [2.75, 3.05) is 13.1 Å². The minimum absolute atomic E-state index is 0.0570. The summed E-state index contributed by atoms with van der Waals surface area (Å²) >= 11 is 5.97. The van der Waals surface area contributed by atoms with Crippen LogP contribution in [0.25, 0.3) is 21.9 Å². The Morgan fingerprint density at radius 2 is 1.76 bits per heavy atom. The predicted molar refractivity (Wildman–Crippen MR) is 131 cm³/mol. The van der Waals surface area contributed by atoms with Crippen LogP contribution >= 0.6 is 11.6 Å². The largest absolute Gasteiger partial charge is 0.463 e. The Morgan fingerprint density at radius 3 is 2.44 bits per heavy atom. The van der Waals surface area contributed by atoms with E-state index in [-0.39, 0.29) is 12.3 Å². The molecule has 0 unspecified atom stereocenters. The van der Waals surface area contributed by atoms with E-state index < -0.39 is 11.2 Å². The number of hydrogen-bond donors (Lipinski definition) is 1. The minimum atomic E-state index is -1.00. The van der Waals surface area contributed by atoms with Gasteiger partial charge in [0, 0.05) is 23.5 Å². The summed E-state index contributed by atoms with van der Waals surface area (Å²) < 4.78 is 11.4. The van der Waals surface area contributed by atoms with E-state index in [1.165, 1.54) is 0 Å². The van der Waals surface area contributed by atoms with Crippen LogP contribution in [0.4, 0.5) is 0 Å². The van der Waals surface area contributed by atoms with Crippen LogP contribution < -0.4 is 5.63 Å². The first kappa shape index (κ1) is 22.7. The number of benzene rings is 2. The molecule has 0 atom stereocenters. The first-order valence-electron chi connectivity index (χ1n) is 11.4. The third kappa shape index (κ3) is 3.71. The predicted octanol–water partition coefficient (Wildman–Crippen LogP) is 5.17. The minimum Gasteiger partial charge on any atom is -0.463 e. The molecule has 34 heavy (non-hydrogen) atoms. The summed E-state index contributed by atoms with van der Waals surface area (Å²) in [5.74, 6) is -0.160. The molecule has 7 heteroatoms. The van der Waals surface area contributed by atoms with E-state index in [0.717, 1.165) is 27.5 Å². The second-order valence-electron chi connectivity index (χ2n) is 9.28. The third-order valence-electron chi connectivity index (χ3n) is 7.12. The lowest BCUT2D eigenvalue weighted by molar-refractivity contribution is -0.135. The second-order valence-corrected chi connectivity index (χ2v) is 9.71. The number of carbonyl (C=O) groups is 1. The van der Waals surface area contributed by atoms with Crippen molar-refractivity contribution in [3.63, 3.8) is 0 Å². The Balaban J connectivity index is 1.41. The Hall–Kier alpha value is -3.09. The lowest BCUT2D eigenvalue weighted by atomic mass is 9.84. The number of rotatable bonds is 3. The van der Waals surface area contributed by atoms with Gasteiger partial charge in [0.25, 0.3) is 0 Å². The molecule has 0 radical (unpaired) electrons. The average Bonchev–Trinajstić information content (AvgIpc) is 3.19. The molecule has 0 spiro atoms. The van der Waals surface area contributed by atoms with Gasteiger partial charge in [-0.25, -0.2) is 4.79 Å². The first-order chi connectivity index (χ1) is 16.2. The molecular weight excluding hydrogens is 454 g/mol. The fourth-order valence-electron chi connectivity index (χ4n) is 5.11. The number of aliphatic hydroxyl groups is 1. The molecule has 0 saturated carbocycles. The van der Waals surface area contributed by atoms with E-state index in [4.69, 9.17) is 20.4 Å². The summed E-state index contributed by atoms with van der Waals surface area (Å²) in [6, 6.07) is 9.01. The van der Waals surface area contributed by atoms with E-state index in [0.29, 0.717) is 53.2 Å². The molecule has 1 aliphatic rings. The summed E-state index contributed by atoms with van der Waals surface area (Å²) in [7, 11) is 0. The van der Waals surface area contributed by atoms with Gasteiger partial charge in [-0.15, -0.1) is 0 Å². The fourth-order valence-corrected chi connectivity index (χ4v) is 5.24. The third-order valence-corrected chi connectivity index (χ3v) is 7.37. The van der Waals surface area contributed by atoms with Gasteiger partial charge in [-0.3, -0.25) is 4.79 Å². The standard InChI is InChI=1S/C27H26ClNO5/c1-15-12-21-24(25-23(15)16(2)14-33-25)17(3)20(26(31)34-21)13-22(30)29-10-8-27(32,9-11-29)18-4-6-19(28)7-5-18/h4-7,12,14,32H,8-11,13H2,1-3H3. The van der Waals surface area contributed by atoms with Crippen molar-refractivity contribution >= 4 is 39.4 Å². The number of likely N-dealkylation sites (tertiary alicyclic amines) is 1. The number of halogens is 1. The van der Waals surface area contributed by atoms with E-state index in [1.54, 1.807) is 23.3 Å². The highest BCUT2D eigenvalue weighted by Gasteiger charge is 2.35. The van der Waals surface area contributed by atoms with Crippen LogP contribution in [-0.4, -0.2) is 29.0 Å². The molecule has 176 valence electrons. The quantitative estimate of drug-likeness (QED) is 0.410. The van der Waals surface area contributed by atoms with E-state index in [9.17, 15) is 14.7 Å². The molecule has 2 aromatic carbocycles. The van der Waals surface area contributed by atoms with Gasteiger partial charge in [-0.1, -0.05) is 23.7 Å². The van der Waals surface area contributed by atoms with Gasteiger partial charge in [-0.05, 0) is 74.1 Å². The summed E-state index contributed by atoms with van der Waals surface area (Å²) in [4.78, 5) is 27.7. The topological polar surface area (TPSA) is 83.9 Å². The fraction of sp³-hybridized carbons (Fsp3) is 0.333. The number of piperidine rings is 1. The number of carbonyl (C=O) groups excluding carboxylic acids is 1. The molecule has 5 rings (SSSR count). The smallest absolute Gasteiger partial charge is 0.340 e. The maximum Gasteiger partial charge on any atom is 0.340 e. The number of amides is 1. The molecule has 0 bridgehead atoms. The van der Waals surface area contributed by atoms with Gasteiger partial charge in [-0.2, -0.15) is 0 Å². The maximum atomic E-state index is 13.1. The van der Waals surface area contributed by atoms with E-state index in [2.05, 4.69) is 0 Å². The maximum absolute atomic E-state index is 13.1. The molecule has 1 saturated heterocycles. The van der Waals surface area contributed by atoms with Crippen molar-refractivity contribution in [1.29, 1.82) is 0 Å². The lowest BCUT2D eigenvalue weighted by Crippen LogP contribution is -2.46. The lowest BCUT2D eigenvalue weighted by Gasteiger charge is -2.38. The Labute approximate surface area is 201 Å². The zero-order chi connectivity index (χ0) is 24.2. The zero-order valence-electron chi connectivity index (χ0n) is 19.4. The van der Waals surface area contributed by atoms with Crippen molar-refractivity contribution in [3.05, 3.63) is 79.9 Å². The van der Waals surface area contributed by atoms with Gasteiger partial charge in [0.1, 0.15) is 11.2 Å². The van der Waals surface area contributed by atoms with Gasteiger partial charge < -0.3 is 18.8 Å². The monoisotopic (exact) mass is 479 g/mol. The molecule has 3 heterocycles. The van der Waals surface area contributed by atoms with Crippen molar-refractivity contribution in [3.8, 4) is 0 Å². The van der Waals surface area contributed by atoms with Crippen LogP contribution in [0.5, 0.6) is 0 Å². The summed E-state index contributed by atoms with van der Waals surface area (Å²) in [6.45, 7) is 6.57. The number of fused-ring (bicyclic) bond motifs is 3. The normalized spacial score (nSPS) is 15.9. The van der Waals surface area contributed by atoms with E-state index in [1.807, 2.05) is 39.0 Å². The first-order valence-corrected chi connectivity index (χ1v) is 11.8. The van der Waals surface area contributed by atoms with Crippen LogP contribution in [0.1, 0.15) is 40.7 Å². The average molecular weight is 480 g/mol. The number of nitrogens with zero attached hydrogens (tertiary/aromatic N) is 1. The van der Waals surface area contributed by atoms with Crippen LogP contribution in [0.2, 0.25) is 5.02 Å². The van der Waals surface area contributed by atoms with Crippen molar-refractivity contribution in [1.82, 2.24) is 4.90 Å². The van der Waals surface area contributed by atoms with Crippen LogP contribution in [0.3, 0.4) is 0 Å². The molecule has 2 aromatic heterocycles. The van der Waals surface area contributed by atoms with Gasteiger partial charge in [0.15, 0.2) is 0 Å². The number of aryl methyl sites for hydroxylation is 3. The summed E-state index contributed by atoms with van der Waals surface area (Å²) in [5, 5.41) is 13.4. The molecular formula is C27H26ClNO5. The zero-order valence-corrected chi connectivity index (χ0v) is 20.2. The van der Waals surface area contributed by atoms with Gasteiger partial charge in [0.2, 0.25) is 5.91 Å². The van der Waals surface area contributed by atoms with Crippen LogP contribution in [0, 0.1) is 20.8 Å². The molecule has 1 N–H and O–H groups in total. The molecule has 1 amide bonds. The van der Waals surface area contributed by atoms with Crippen molar-refractivity contribution < 1.29 is 18.7 Å². The molecule has 6 nitrogen and oxygen atoms in total. The van der Waals surface area contributed by atoms with Crippen LogP contribution in [0.15, 0.2) is 50.2 Å². The summed E-state index contributed by atoms with van der Waals surface area (Å²) in [6.07, 6.45) is 2.47. The second kappa shape index (κ2) is 8.29. The van der Waals surface area contributed by atoms with E-state index >= 15 is 0 Å². The number of furan rings is 1. The SMILES string of the molecule is Cc1coc2c1c(C)cc1oc(=O)c(CC(=O)N3CCC(O)(c4ccc(Cl)cc4)CC3)c(C)c12. The van der Waals surface area contributed by atoms with Gasteiger partial charge in [0.05, 0.1) is 29.2 Å². The highest BCUT2D eigenvalue weighted by atomic mass is 35.5. The molecule has 4 aromatic rings. The molecule has 0 aliphatic carbocycles. The number of hydrogen-bond acceptors (Lipinski definition) is 5. The highest BCUT2D eigenvalue weighted by molar-refractivity contribution is 6.30. The molecule has 1 aliphatic heterocycles. The Bertz CT molecular complexity index is 1470. The van der Waals surface area contributed by atoms with Crippen molar-refractivity contribution in [2.45, 2.75) is 45.6 Å². The Kier molecular flexibility index (Phi) is 5.53. The van der Waals surface area contributed by atoms with Crippen molar-refractivity contribution in [2.24, 2.45) is 0 Å². The highest BCUT2D eigenvalue weighted by Crippen LogP contribution is 2.35. The summed E-state index contributed by atoms with van der Waals surface area (Å²) in [5.41, 5.74) is 3.46.